The Balaban J connectivity index is 2.01. The van der Waals surface area contributed by atoms with Crippen LogP contribution in [0.5, 0.6) is 0 Å². The molecule has 30 heavy (non-hydrogen) atoms. The second kappa shape index (κ2) is 9.08. The maximum atomic E-state index is 13.3. The van der Waals surface area contributed by atoms with Gasteiger partial charge in [-0.2, -0.15) is 0 Å². The maximum Gasteiger partial charge on any atom is 0.264 e. The number of benzene rings is 3. The van der Waals surface area contributed by atoms with Crippen molar-refractivity contribution in [1.29, 1.82) is 0 Å². The summed E-state index contributed by atoms with van der Waals surface area (Å²) in [4.78, 5) is 12.9. The summed E-state index contributed by atoms with van der Waals surface area (Å²) in [7, 11) is -4.04. The topological polar surface area (TPSA) is 66.5 Å². The van der Waals surface area contributed by atoms with E-state index >= 15 is 0 Å². The van der Waals surface area contributed by atoms with Crippen LogP contribution in [0.4, 0.5) is 11.4 Å². The number of hydrogen-bond donors (Lipinski definition) is 1. The van der Waals surface area contributed by atoms with Gasteiger partial charge >= 0.3 is 0 Å². The molecule has 1 N–H and O–H groups in total. The first-order valence-electron chi connectivity index (χ1n) is 9.08. The van der Waals surface area contributed by atoms with Gasteiger partial charge in [-0.05, 0) is 55.3 Å². The number of aryl methyl sites for hydroxylation is 2. The lowest BCUT2D eigenvalue weighted by atomic mass is 10.1. The molecule has 0 atom stereocenters. The Morgan fingerprint density at radius 1 is 0.900 bits per heavy atom. The van der Waals surface area contributed by atoms with E-state index in [0.29, 0.717) is 5.69 Å². The van der Waals surface area contributed by atoms with Crippen molar-refractivity contribution in [2.75, 3.05) is 16.2 Å². The van der Waals surface area contributed by atoms with Crippen LogP contribution in [-0.4, -0.2) is 20.9 Å². The zero-order valence-corrected chi connectivity index (χ0v) is 18.7. The molecule has 0 saturated heterocycles. The molecule has 0 aromatic heterocycles. The molecule has 0 spiro atoms. The number of sulfonamides is 1. The molecule has 0 aliphatic rings. The molecule has 3 aromatic carbocycles. The number of hydrogen-bond acceptors (Lipinski definition) is 3. The summed E-state index contributed by atoms with van der Waals surface area (Å²) in [6, 6.07) is 17.9. The Bertz CT molecular complexity index is 1140. The Morgan fingerprint density at radius 3 is 2.03 bits per heavy atom. The lowest BCUT2D eigenvalue weighted by molar-refractivity contribution is -0.114. The zero-order valence-electron chi connectivity index (χ0n) is 16.4. The third-order valence-corrected chi connectivity index (χ3v) is 6.72. The van der Waals surface area contributed by atoms with Crippen molar-refractivity contribution in [3.8, 4) is 0 Å². The molecule has 0 saturated carbocycles. The molecule has 0 heterocycles. The number of amides is 1. The van der Waals surface area contributed by atoms with E-state index < -0.39 is 22.5 Å². The quantitative estimate of drug-likeness (QED) is 0.529. The number of nitrogens with zero attached hydrogens (tertiary/aromatic N) is 1. The van der Waals surface area contributed by atoms with Crippen LogP contribution in [0, 0.1) is 13.8 Å². The number of halogens is 2. The highest BCUT2D eigenvalue weighted by Crippen LogP contribution is 2.30. The number of para-hydroxylation sites is 1. The minimum absolute atomic E-state index is 0.0565. The van der Waals surface area contributed by atoms with E-state index in [1.54, 1.807) is 18.2 Å². The van der Waals surface area contributed by atoms with Crippen LogP contribution < -0.4 is 9.62 Å². The lowest BCUT2D eigenvalue weighted by Crippen LogP contribution is -2.38. The van der Waals surface area contributed by atoms with Gasteiger partial charge < -0.3 is 5.32 Å². The summed E-state index contributed by atoms with van der Waals surface area (Å²) in [5.74, 6) is -0.483. The second-order valence-corrected chi connectivity index (χ2v) is 9.50. The third kappa shape index (κ3) is 4.95. The van der Waals surface area contributed by atoms with Gasteiger partial charge in [-0.15, -0.1) is 0 Å². The predicted molar refractivity (Wildman–Crippen MR) is 122 cm³/mol. The van der Waals surface area contributed by atoms with Gasteiger partial charge in [-0.25, -0.2) is 8.42 Å². The van der Waals surface area contributed by atoms with Gasteiger partial charge in [0.15, 0.2) is 0 Å². The molecule has 0 fully saturated rings. The molecule has 3 aromatic rings. The van der Waals surface area contributed by atoms with Gasteiger partial charge in [0, 0.05) is 15.7 Å². The fraction of sp³-hybridized carbons (Fsp3) is 0.136. The molecular weight excluding hydrogens is 443 g/mol. The number of anilines is 2. The Kier molecular flexibility index (Phi) is 6.71. The van der Waals surface area contributed by atoms with Crippen molar-refractivity contribution in [3.63, 3.8) is 0 Å². The highest BCUT2D eigenvalue weighted by Gasteiger charge is 2.28. The van der Waals surface area contributed by atoms with E-state index in [9.17, 15) is 13.2 Å². The standard InChI is InChI=1S/C22H20Cl2N2O3S/c1-15-7-6-8-16(2)22(15)25-21(27)14-26(19-12-17(23)11-18(24)13-19)30(28,29)20-9-4-3-5-10-20/h3-13H,14H2,1-2H3,(H,25,27). The summed E-state index contributed by atoms with van der Waals surface area (Å²) in [6.45, 7) is 3.30. The molecule has 1 amide bonds. The third-order valence-electron chi connectivity index (χ3n) is 4.50. The average Bonchev–Trinajstić information content (AvgIpc) is 2.69. The van der Waals surface area contributed by atoms with E-state index in [0.717, 1.165) is 15.4 Å². The van der Waals surface area contributed by atoms with Gasteiger partial charge in [0.25, 0.3) is 10.0 Å². The van der Waals surface area contributed by atoms with Crippen molar-refractivity contribution >= 4 is 50.5 Å². The summed E-state index contributed by atoms with van der Waals surface area (Å²) >= 11 is 12.2. The van der Waals surface area contributed by atoms with E-state index in [-0.39, 0.29) is 20.6 Å². The Labute approximate surface area is 186 Å². The van der Waals surface area contributed by atoms with E-state index in [1.807, 2.05) is 32.0 Å². The SMILES string of the molecule is Cc1cccc(C)c1NC(=O)CN(c1cc(Cl)cc(Cl)c1)S(=O)(=O)c1ccccc1. The van der Waals surface area contributed by atoms with Gasteiger partial charge in [0.1, 0.15) is 6.54 Å². The molecule has 0 radical (unpaired) electrons. The highest BCUT2D eigenvalue weighted by molar-refractivity contribution is 7.92. The zero-order chi connectivity index (χ0) is 21.9. The molecule has 3 rings (SSSR count). The highest BCUT2D eigenvalue weighted by atomic mass is 35.5. The smallest absolute Gasteiger partial charge is 0.264 e. The number of rotatable bonds is 6. The number of nitrogens with one attached hydrogen (secondary N) is 1. The van der Waals surface area contributed by atoms with E-state index in [4.69, 9.17) is 23.2 Å². The van der Waals surface area contributed by atoms with E-state index in [2.05, 4.69) is 5.32 Å². The van der Waals surface area contributed by atoms with Gasteiger partial charge in [-0.1, -0.05) is 59.6 Å². The van der Waals surface area contributed by atoms with E-state index in [1.165, 1.54) is 30.3 Å². The second-order valence-electron chi connectivity index (χ2n) is 6.77. The molecule has 0 aliphatic carbocycles. The molecular formula is C22H20Cl2N2O3S. The normalized spacial score (nSPS) is 11.2. The van der Waals surface area contributed by atoms with Gasteiger partial charge in [0.2, 0.25) is 5.91 Å². The van der Waals surface area contributed by atoms with Crippen LogP contribution in [0.2, 0.25) is 10.0 Å². The van der Waals surface area contributed by atoms with Gasteiger partial charge in [0.05, 0.1) is 10.6 Å². The van der Waals surface area contributed by atoms with Crippen LogP contribution >= 0.6 is 23.2 Å². The fourth-order valence-corrected chi connectivity index (χ4v) is 4.98. The largest absolute Gasteiger partial charge is 0.324 e. The van der Waals surface area contributed by atoms with Crippen molar-refractivity contribution < 1.29 is 13.2 Å². The summed E-state index contributed by atoms with van der Waals surface area (Å²) in [6.07, 6.45) is 0. The van der Waals surface area contributed by atoms with Crippen LogP contribution in [0.1, 0.15) is 11.1 Å². The number of carbonyl (C=O) groups excluding carboxylic acids is 1. The first-order valence-corrected chi connectivity index (χ1v) is 11.3. The first kappa shape index (κ1) is 22.2. The molecule has 0 aliphatic heterocycles. The summed E-state index contributed by atoms with van der Waals surface area (Å²) in [5, 5.41) is 3.35. The molecule has 5 nitrogen and oxygen atoms in total. The van der Waals surface area contributed by atoms with Crippen LogP contribution in [0.25, 0.3) is 0 Å². The number of carbonyl (C=O) groups is 1. The Hall–Kier alpha value is -2.54. The van der Waals surface area contributed by atoms with Crippen LogP contribution in [0.3, 0.4) is 0 Å². The monoisotopic (exact) mass is 462 g/mol. The van der Waals surface area contributed by atoms with Crippen molar-refractivity contribution in [1.82, 2.24) is 0 Å². The van der Waals surface area contributed by atoms with Crippen LogP contribution in [0.15, 0.2) is 71.6 Å². The predicted octanol–water partition coefficient (Wildman–Crippen LogP) is 5.44. The van der Waals surface area contributed by atoms with Crippen molar-refractivity contribution in [2.24, 2.45) is 0 Å². The maximum absolute atomic E-state index is 13.3. The van der Waals surface area contributed by atoms with Crippen molar-refractivity contribution in [3.05, 3.63) is 87.9 Å². The molecule has 8 heteroatoms. The fourth-order valence-electron chi connectivity index (χ4n) is 3.04. The van der Waals surface area contributed by atoms with Crippen molar-refractivity contribution in [2.45, 2.75) is 18.7 Å². The van der Waals surface area contributed by atoms with Crippen LogP contribution in [-0.2, 0) is 14.8 Å². The first-order chi connectivity index (χ1) is 14.2. The van der Waals surface area contributed by atoms with Gasteiger partial charge in [-0.3, -0.25) is 9.10 Å². The molecule has 156 valence electrons. The minimum atomic E-state index is -4.04. The molecule has 0 bridgehead atoms. The molecule has 0 unspecified atom stereocenters. The summed E-state index contributed by atoms with van der Waals surface area (Å²) < 4.78 is 27.7. The summed E-state index contributed by atoms with van der Waals surface area (Å²) in [5.41, 5.74) is 2.62. The average molecular weight is 463 g/mol. The lowest BCUT2D eigenvalue weighted by Gasteiger charge is -2.25. The minimum Gasteiger partial charge on any atom is -0.324 e. The Morgan fingerprint density at radius 2 is 1.47 bits per heavy atom.